The number of hydrogen-bond acceptors (Lipinski definition) is 3. The lowest BCUT2D eigenvalue weighted by atomic mass is 9.95. The number of nitrogens with zero attached hydrogens (tertiary/aromatic N) is 1. The zero-order valence-corrected chi connectivity index (χ0v) is 14.3. The molecule has 2 atom stereocenters. The van der Waals surface area contributed by atoms with E-state index in [-0.39, 0.29) is 11.0 Å². The topological polar surface area (TPSA) is 63.4 Å². The van der Waals surface area contributed by atoms with Gasteiger partial charge in [-0.2, -0.15) is 4.31 Å². The average Bonchev–Trinajstić information content (AvgIpc) is 2.38. The summed E-state index contributed by atoms with van der Waals surface area (Å²) >= 11 is 4.95. The molecule has 1 aromatic rings. The highest BCUT2D eigenvalue weighted by atomic mass is 32.2. The average molecular weight is 326 g/mol. The Bertz CT molecular complexity index is 656. The third-order valence-electron chi connectivity index (χ3n) is 4.14. The molecule has 0 spiro atoms. The van der Waals surface area contributed by atoms with E-state index in [2.05, 4.69) is 6.92 Å². The molecule has 1 heterocycles. The van der Waals surface area contributed by atoms with Crippen LogP contribution >= 0.6 is 12.2 Å². The largest absolute Gasteiger partial charge is 0.389 e. The van der Waals surface area contributed by atoms with Crippen molar-refractivity contribution in [2.24, 2.45) is 11.7 Å². The predicted octanol–water partition coefficient (Wildman–Crippen LogP) is 2.44. The van der Waals surface area contributed by atoms with E-state index in [0.29, 0.717) is 22.9 Å². The van der Waals surface area contributed by atoms with Gasteiger partial charge in [0, 0.05) is 18.2 Å². The van der Waals surface area contributed by atoms with Gasteiger partial charge in [-0.1, -0.05) is 31.3 Å². The number of piperidine rings is 1. The van der Waals surface area contributed by atoms with Crippen LogP contribution in [0.25, 0.3) is 0 Å². The third-order valence-corrected chi connectivity index (χ3v) is 6.53. The zero-order chi connectivity index (χ0) is 15.8. The molecule has 116 valence electrons. The number of hydrogen-bond donors (Lipinski definition) is 1. The van der Waals surface area contributed by atoms with Gasteiger partial charge in [-0.3, -0.25) is 0 Å². The van der Waals surface area contributed by atoms with Crippen LogP contribution in [0.3, 0.4) is 0 Å². The Morgan fingerprint density at radius 1 is 1.38 bits per heavy atom. The van der Waals surface area contributed by atoms with Gasteiger partial charge in [0.2, 0.25) is 10.0 Å². The molecule has 0 radical (unpaired) electrons. The first kappa shape index (κ1) is 16.4. The van der Waals surface area contributed by atoms with Gasteiger partial charge in [-0.05, 0) is 44.2 Å². The van der Waals surface area contributed by atoms with E-state index in [1.165, 1.54) is 0 Å². The maximum atomic E-state index is 12.9. The van der Waals surface area contributed by atoms with E-state index in [4.69, 9.17) is 18.0 Å². The van der Waals surface area contributed by atoms with Gasteiger partial charge in [0.25, 0.3) is 0 Å². The Labute approximate surface area is 132 Å². The first-order valence-corrected chi connectivity index (χ1v) is 9.00. The molecule has 1 fully saturated rings. The molecule has 6 heteroatoms. The molecule has 21 heavy (non-hydrogen) atoms. The molecule has 0 saturated carbocycles. The van der Waals surface area contributed by atoms with Crippen LogP contribution in [0.5, 0.6) is 0 Å². The van der Waals surface area contributed by atoms with Gasteiger partial charge < -0.3 is 5.73 Å². The van der Waals surface area contributed by atoms with Crippen molar-refractivity contribution in [2.75, 3.05) is 6.54 Å². The minimum Gasteiger partial charge on any atom is -0.389 e. The molecule has 2 N–H and O–H groups in total. The molecule has 0 aromatic heterocycles. The number of benzene rings is 1. The summed E-state index contributed by atoms with van der Waals surface area (Å²) in [5, 5.41) is 0. The number of sulfonamides is 1. The Morgan fingerprint density at radius 3 is 2.62 bits per heavy atom. The smallest absolute Gasteiger partial charge is 0.243 e. The van der Waals surface area contributed by atoms with Crippen LogP contribution in [0.4, 0.5) is 0 Å². The van der Waals surface area contributed by atoms with Crippen molar-refractivity contribution in [1.82, 2.24) is 4.31 Å². The fraction of sp³-hybridized carbons (Fsp3) is 0.533. The standard InChI is InChI=1S/C15H22N2O2S2/c1-10-6-7-17(12(3)8-10)21(18,19)14-9-13(15(16)20)5-4-11(14)2/h4-5,9-10,12H,6-8H2,1-3H3,(H2,16,20). The molecule has 0 bridgehead atoms. The highest BCUT2D eigenvalue weighted by molar-refractivity contribution is 7.89. The molecule has 1 aliphatic rings. The normalized spacial score (nSPS) is 24.0. The fourth-order valence-electron chi connectivity index (χ4n) is 2.90. The molecular weight excluding hydrogens is 304 g/mol. The summed E-state index contributed by atoms with van der Waals surface area (Å²) in [6.45, 7) is 6.51. The van der Waals surface area contributed by atoms with Crippen LogP contribution in [0.1, 0.15) is 37.8 Å². The van der Waals surface area contributed by atoms with Crippen molar-refractivity contribution < 1.29 is 8.42 Å². The molecule has 2 rings (SSSR count). The summed E-state index contributed by atoms with van der Waals surface area (Å²) in [7, 11) is -3.50. The van der Waals surface area contributed by atoms with E-state index in [1.54, 1.807) is 29.4 Å². The SMILES string of the molecule is Cc1ccc(C(N)=S)cc1S(=O)(=O)N1CCC(C)CC1C. The van der Waals surface area contributed by atoms with E-state index in [9.17, 15) is 8.42 Å². The number of rotatable bonds is 3. The fourth-order valence-corrected chi connectivity index (χ4v) is 4.94. The van der Waals surface area contributed by atoms with Gasteiger partial charge in [-0.25, -0.2) is 8.42 Å². The minimum atomic E-state index is -3.50. The molecule has 1 aliphatic heterocycles. The second-order valence-corrected chi connectivity index (χ2v) is 8.24. The summed E-state index contributed by atoms with van der Waals surface area (Å²) in [5.74, 6) is 0.565. The van der Waals surface area contributed by atoms with E-state index in [0.717, 1.165) is 18.4 Å². The van der Waals surface area contributed by atoms with Crippen LogP contribution < -0.4 is 5.73 Å². The highest BCUT2D eigenvalue weighted by Crippen LogP contribution is 2.29. The van der Waals surface area contributed by atoms with Crippen molar-refractivity contribution in [3.63, 3.8) is 0 Å². The lowest BCUT2D eigenvalue weighted by Gasteiger charge is -2.35. The van der Waals surface area contributed by atoms with Gasteiger partial charge in [0.1, 0.15) is 4.99 Å². The maximum absolute atomic E-state index is 12.9. The van der Waals surface area contributed by atoms with Crippen molar-refractivity contribution in [1.29, 1.82) is 0 Å². The first-order valence-electron chi connectivity index (χ1n) is 7.15. The number of thiocarbonyl (C=S) groups is 1. The summed E-state index contributed by atoms with van der Waals surface area (Å²) < 4.78 is 27.5. The summed E-state index contributed by atoms with van der Waals surface area (Å²) in [6.07, 6.45) is 1.80. The molecule has 0 aliphatic carbocycles. The van der Waals surface area contributed by atoms with E-state index < -0.39 is 10.0 Å². The van der Waals surface area contributed by atoms with Gasteiger partial charge in [-0.15, -0.1) is 0 Å². The second-order valence-electron chi connectivity index (χ2n) is 5.94. The highest BCUT2D eigenvalue weighted by Gasteiger charge is 2.34. The van der Waals surface area contributed by atoms with Crippen molar-refractivity contribution in [3.8, 4) is 0 Å². The monoisotopic (exact) mass is 326 g/mol. The van der Waals surface area contributed by atoms with Crippen LogP contribution in [-0.4, -0.2) is 30.3 Å². The Balaban J connectivity index is 2.44. The molecular formula is C15H22N2O2S2. The summed E-state index contributed by atoms with van der Waals surface area (Å²) in [4.78, 5) is 0.529. The molecule has 1 saturated heterocycles. The number of aryl methyl sites for hydroxylation is 1. The first-order chi connectivity index (χ1) is 9.73. The summed E-state index contributed by atoms with van der Waals surface area (Å²) in [6, 6.07) is 5.14. The molecule has 1 aromatic carbocycles. The Hall–Kier alpha value is -0.980. The lowest BCUT2D eigenvalue weighted by Crippen LogP contribution is -2.44. The Morgan fingerprint density at radius 2 is 2.05 bits per heavy atom. The van der Waals surface area contributed by atoms with E-state index in [1.807, 2.05) is 6.92 Å². The third kappa shape index (κ3) is 3.27. The lowest BCUT2D eigenvalue weighted by molar-refractivity contribution is 0.220. The number of nitrogens with two attached hydrogens (primary N) is 1. The quantitative estimate of drug-likeness (QED) is 0.867. The van der Waals surface area contributed by atoms with Crippen LogP contribution in [0.2, 0.25) is 0 Å². The maximum Gasteiger partial charge on any atom is 0.243 e. The molecule has 0 amide bonds. The Kier molecular flexibility index (Phi) is 4.70. The van der Waals surface area contributed by atoms with Crippen LogP contribution in [-0.2, 0) is 10.0 Å². The van der Waals surface area contributed by atoms with Crippen molar-refractivity contribution in [2.45, 2.75) is 44.6 Å². The molecule has 2 unspecified atom stereocenters. The van der Waals surface area contributed by atoms with Gasteiger partial charge in [0.15, 0.2) is 0 Å². The van der Waals surface area contributed by atoms with Crippen molar-refractivity contribution in [3.05, 3.63) is 29.3 Å². The molecule has 4 nitrogen and oxygen atoms in total. The second kappa shape index (κ2) is 6.02. The van der Waals surface area contributed by atoms with Crippen molar-refractivity contribution >= 4 is 27.2 Å². The van der Waals surface area contributed by atoms with E-state index >= 15 is 0 Å². The van der Waals surface area contributed by atoms with Crippen LogP contribution in [0.15, 0.2) is 23.1 Å². The predicted molar refractivity (Wildman–Crippen MR) is 88.8 cm³/mol. The minimum absolute atomic E-state index is 0.0200. The zero-order valence-electron chi connectivity index (χ0n) is 12.7. The van der Waals surface area contributed by atoms with Gasteiger partial charge >= 0.3 is 0 Å². The van der Waals surface area contributed by atoms with Gasteiger partial charge in [0.05, 0.1) is 4.90 Å². The van der Waals surface area contributed by atoms with Crippen LogP contribution in [0, 0.1) is 12.8 Å². The summed E-state index contributed by atoms with van der Waals surface area (Å²) in [5.41, 5.74) is 6.94.